The van der Waals surface area contributed by atoms with Gasteiger partial charge in [-0.15, -0.1) is 24.0 Å². The number of nitrogens with zero attached hydrogens (tertiary/aromatic N) is 2. The first kappa shape index (κ1) is 20.2. The molecule has 2 rings (SSSR count). The van der Waals surface area contributed by atoms with E-state index in [4.69, 9.17) is 4.99 Å². The number of hydrogen-bond acceptors (Lipinski definition) is 2. The van der Waals surface area contributed by atoms with E-state index in [-0.39, 0.29) is 24.0 Å². The van der Waals surface area contributed by atoms with E-state index in [0.29, 0.717) is 6.04 Å². The maximum atomic E-state index is 4.69. The summed E-state index contributed by atoms with van der Waals surface area (Å²) in [6.45, 7) is 9.46. The summed E-state index contributed by atoms with van der Waals surface area (Å²) in [6, 6.07) is 11.0. The summed E-state index contributed by atoms with van der Waals surface area (Å²) in [7, 11) is 0. The average Bonchev–Trinajstić information content (AvgIpc) is 3.08. The van der Waals surface area contributed by atoms with Gasteiger partial charge in [0.15, 0.2) is 5.96 Å². The molecule has 0 spiro atoms. The topological polar surface area (TPSA) is 39.7 Å². The molecule has 1 atom stereocenters. The fraction of sp³-hybridized carbons (Fsp3) is 0.611. The Labute approximate surface area is 158 Å². The second-order valence-electron chi connectivity index (χ2n) is 5.87. The van der Waals surface area contributed by atoms with Crippen LogP contribution in [-0.2, 0) is 6.54 Å². The molecule has 1 heterocycles. The Kier molecular flexibility index (Phi) is 10.3. The Morgan fingerprint density at radius 1 is 1.13 bits per heavy atom. The summed E-state index contributed by atoms with van der Waals surface area (Å²) < 4.78 is 0. The van der Waals surface area contributed by atoms with Crippen LogP contribution < -0.4 is 10.6 Å². The number of hydrogen-bond donors (Lipinski definition) is 2. The number of rotatable bonds is 7. The van der Waals surface area contributed by atoms with Crippen LogP contribution in [0.4, 0.5) is 0 Å². The standard InChI is InChI=1S/C18H30N4.HI/c1-3-17(22-12-8-9-13-22)15-21-18(19-4-2)20-14-16-10-6-5-7-11-16;/h5-7,10-11,17H,3-4,8-9,12-15H2,1-2H3,(H2,19,20,21);1H. The summed E-state index contributed by atoms with van der Waals surface area (Å²) in [5.41, 5.74) is 1.24. The summed E-state index contributed by atoms with van der Waals surface area (Å²) in [4.78, 5) is 7.30. The van der Waals surface area contributed by atoms with Gasteiger partial charge in [0.05, 0.1) is 6.54 Å². The minimum Gasteiger partial charge on any atom is -0.357 e. The van der Waals surface area contributed by atoms with E-state index in [1.54, 1.807) is 0 Å². The average molecular weight is 430 g/mol. The fourth-order valence-electron chi connectivity index (χ4n) is 2.95. The van der Waals surface area contributed by atoms with Crippen molar-refractivity contribution in [2.24, 2.45) is 4.99 Å². The minimum absolute atomic E-state index is 0. The first-order valence-corrected chi connectivity index (χ1v) is 8.63. The Hall–Kier alpha value is -0.820. The highest BCUT2D eigenvalue weighted by atomic mass is 127. The van der Waals surface area contributed by atoms with Crippen LogP contribution in [0.25, 0.3) is 0 Å². The molecule has 5 heteroatoms. The lowest BCUT2D eigenvalue weighted by Gasteiger charge is -2.27. The summed E-state index contributed by atoms with van der Waals surface area (Å²) in [5.74, 6) is 0.920. The highest BCUT2D eigenvalue weighted by molar-refractivity contribution is 14.0. The van der Waals surface area contributed by atoms with E-state index < -0.39 is 0 Å². The maximum absolute atomic E-state index is 4.69. The molecular formula is C18H31IN4. The molecule has 1 fully saturated rings. The van der Waals surface area contributed by atoms with Gasteiger partial charge in [-0.3, -0.25) is 4.90 Å². The van der Waals surface area contributed by atoms with Crippen LogP contribution in [0.15, 0.2) is 35.3 Å². The van der Waals surface area contributed by atoms with Gasteiger partial charge in [0.2, 0.25) is 0 Å². The fourth-order valence-corrected chi connectivity index (χ4v) is 2.95. The van der Waals surface area contributed by atoms with E-state index in [9.17, 15) is 0 Å². The van der Waals surface area contributed by atoms with Gasteiger partial charge in [0.25, 0.3) is 0 Å². The van der Waals surface area contributed by atoms with E-state index >= 15 is 0 Å². The first-order valence-electron chi connectivity index (χ1n) is 8.63. The molecule has 1 aliphatic heterocycles. The van der Waals surface area contributed by atoms with Gasteiger partial charge in [0.1, 0.15) is 0 Å². The maximum Gasteiger partial charge on any atom is 0.191 e. The van der Waals surface area contributed by atoms with Crippen molar-refractivity contribution in [3.8, 4) is 0 Å². The number of halogens is 1. The van der Waals surface area contributed by atoms with Gasteiger partial charge in [0, 0.05) is 19.1 Å². The monoisotopic (exact) mass is 430 g/mol. The van der Waals surface area contributed by atoms with Crippen molar-refractivity contribution in [2.75, 3.05) is 26.2 Å². The summed E-state index contributed by atoms with van der Waals surface area (Å²) >= 11 is 0. The van der Waals surface area contributed by atoms with Crippen LogP contribution in [0.5, 0.6) is 0 Å². The molecule has 1 unspecified atom stereocenters. The zero-order chi connectivity index (χ0) is 15.6. The van der Waals surface area contributed by atoms with Crippen LogP contribution in [0.3, 0.4) is 0 Å². The number of likely N-dealkylation sites (tertiary alicyclic amines) is 1. The van der Waals surface area contributed by atoms with E-state index in [0.717, 1.165) is 25.6 Å². The molecule has 23 heavy (non-hydrogen) atoms. The van der Waals surface area contributed by atoms with Gasteiger partial charge < -0.3 is 10.6 Å². The number of guanidine groups is 1. The van der Waals surface area contributed by atoms with Gasteiger partial charge in [-0.2, -0.15) is 0 Å². The predicted molar refractivity (Wildman–Crippen MR) is 110 cm³/mol. The van der Waals surface area contributed by atoms with Crippen LogP contribution in [0.1, 0.15) is 38.7 Å². The summed E-state index contributed by atoms with van der Waals surface area (Å²) in [6.07, 6.45) is 3.88. The van der Waals surface area contributed by atoms with E-state index in [1.807, 2.05) is 6.07 Å². The summed E-state index contributed by atoms with van der Waals surface area (Å²) in [5, 5.41) is 6.86. The normalized spacial score (nSPS) is 16.7. The molecule has 0 radical (unpaired) electrons. The highest BCUT2D eigenvalue weighted by Crippen LogP contribution is 2.13. The van der Waals surface area contributed by atoms with Crippen molar-refractivity contribution >= 4 is 29.9 Å². The van der Waals surface area contributed by atoms with Crippen molar-refractivity contribution in [2.45, 2.75) is 45.7 Å². The van der Waals surface area contributed by atoms with E-state index in [1.165, 1.54) is 37.9 Å². The molecule has 0 aliphatic carbocycles. The highest BCUT2D eigenvalue weighted by Gasteiger charge is 2.20. The molecule has 1 aromatic carbocycles. The third-order valence-electron chi connectivity index (χ3n) is 4.24. The second kappa shape index (κ2) is 11.7. The van der Waals surface area contributed by atoms with Crippen LogP contribution in [-0.4, -0.2) is 43.1 Å². The van der Waals surface area contributed by atoms with Crippen LogP contribution in [0, 0.1) is 0 Å². The van der Waals surface area contributed by atoms with Crippen molar-refractivity contribution in [3.05, 3.63) is 35.9 Å². The number of nitrogens with one attached hydrogen (secondary N) is 2. The molecule has 0 bridgehead atoms. The third kappa shape index (κ3) is 7.08. The largest absolute Gasteiger partial charge is 0.357 e. The van der Waals surface area contributed by atoms with Crippen molar-refractivity contribution in [3.63, 3.8) is 0 Å². The van der Waals surface area contributed by atoms with Gasteiger partial charge in [-0.1, -0.05) is 37.3 Å². The SMILES string of the molecule is CCNC(=NCc1ccccc1)NCC(CC)N1CCCC1.I. The second-order valence-corrected chi connectivity index (χ2v) is 5.87. The first-order chi connectivity index (χ1) is 10.8. The zero-order valence-electron chi connectivity index (χ0n) is 14.4. The zero-order valence-corrected chi connectivity index (χ0v) is 16.8. The van der Waals surface area contributed by atoms with Crippen LogP contribution >= 0.6 is 24.0 Å². The lowest BCUT2D eigenvalue weighted by molar-refractivity contribution is 0.236. The van der Waals surface area contributed by atoms with Crippen molar-refractivity contribution < 1.29 is 0 Å². The molecule has 1 aromatic rings. The Balaban J connectivity index is 0.00000264. The lowest BCUT2D eigenvalue weighted by Crippen LogP contribution is -2.46. The molecule has 1 aliphatic rings. The molecule has 0 saturated carbocycles. The lowest BCUT2D eigenvalue weighted by atomic mass is 10.2. The van der Waals surface area contributed by atoms with Gasteiger partial charge in [-0.25, -0.2) is 4.99 Å². The smallest absolute Gasteiger partial charge is 0.191 e. The van der Waals surface area contributed by atoms with Crippen LogP contribution in [0.2, 0.25) is 0 Å². The Morgan fingerprint density at radius 2 is 1.83 bits per heavy atom. The van der Waals surface area contributed by atoms with Gasteiger partial charge >= 0.3 is 0 Å². The van der Waals surface area contributed by atoms with Gasteiger partial charge in [-0.05, 0) is 44.8 Å². The minimum atomic E-state index is 0. The van der Waals surface area contributed by atoms with Crippen molar-refractivity contribution in [1.82, 2.24) is 15.5 Å². The molecule has 4 nitrogen and oxygen atoms in total. The molecule has 0 aromatic heterocycles. The molecular weight excluding hydrogens is 399 g/mol. The predicted octanol–water partition coefficient (Wildman–Crippen LogP) is 3.23. The molecule has 1 saturated heterocycles. The van der Waals surface area contributed by atoms with E-state index in [2.05, 4.69) is 53.6 Å². The number of aliphatic imine (C=N–C) groups is 1. The Bertz CT molecular complexity index is 444. The third-order valence-corrected chi connectivity index (χ3v) is 4.24. The quantitative estimate of drug-likeness (QED) is 0.397. The Morgan fingerprint density at radius 3 is 2.43 bits per heavy atom. The molecule has 0 amide bonds. The number of benzene rings is 1. The molecule has 130 valence electrons. The molecule has 2 N–H and O–H groups in total. The van der Waals surface area contributed by atoms with Crippen molar-refractivity contribution in [1.29, 1.82) is 0 Å².